The summed E-state index contributed by atoms with van der Waals surface area (Å²) in [5.41, 5.74) is -0.532. The Bertz CT molecular complexity index is 740. The summed E-state index contributed by atoms with van der Waals surface area (Å²) in [4.78, 5) is 38.4. The minimum absolute atomic E-state index is 0.0492. The third kappa shape index (κ3) is 3.33. The first kappa shape index (κ1) is 18.0. The van der Waals surface area contributed by atoms with Gasteiger partial charge in [0.2, 0.25) is 5.91 Å². The van der Waals surface area contributed by atoms with Crippen LogP contribution in [0.25, 0.3) is 0 Å². The van der Waals surface area contributed by atoms with E-state index >= 15 is 0 Å². The van der Waals surface area contributed by atoms with Gasteiger partial charge in [-0.3, -0.25) is 14.5 Å². The summed E-state index contributed by atoms with van der Waals surface area (Å²) in [6.45, 7) is 1.61. The minimum atomic E-state index is -0.872. The predicted octanol–water partition coefficient (Wildman–Crippen LogP) is 3.43. The molecule has 0 aromatic heterocycles. The molecule has 2 atom stereocenters. The number of anilines is 1. The molecule has 1 aromatic rings. The molecule has 1 aromatic carbocycles. The number of imide groups is 1. The molecule has 2 N–H and O–H groups in total. The van der Waals surface area contributed by atoms with Gasteiger partial charge in [0, 0.05) is 5.02 Å². The summed E-state index contributed by atoms with van der Waals surface area (Å²) in [7, 11) is 0. The topological polar surface area (TPSA) is 78.5 Å². The Morgan fingerprint density at radius 2 is 2.12 bits per heavy atom. The van der Waals surface area contributed by atoms with Gasteiger partial charge in [0.15, 0.2) is 0 Å². The average molecular weight is 384 g/mol. The van der Waals surface area contributed by atoms with E-state index in [-0.39, 0.29) is 18.4 Å². The van der Waals surface area contributed by atoms with Crippen molar-refractivity contribution in [2.45, 2.75) is 38.1 Å². The summed E-state index contributed by atoms with van der Waals surface area (Å²) in [5, 5.41) is 6.16. The van der Waals surface area contributed by atoms with Crippen LogP contribution in [0.4, 0.5) is 10.5 Å². The molecule has 1 spiro atoms. The lowest BCUT2D eigenvalue weighted by molar-refractivity contribution is -0.136. The van der Waals surface area contributed by atoms with E-state index in [4.69, 9.17) is 23.2 Å². The Hall–Kier alpha value is -1.79. The summed E-state index contributed by atoms with van der Waals surface area (Å²) in [6.07, 6.45) is 3.41. The second-order valence-corrected chi connectivity index (χ2v) is 7.46. The molecule has 4 amide bonds. The highest BCUT2D eigenvalue weighted by molar-refractivity contribution is 6.35. The molecule has 1 heterocycles. The van der Waals surface area contributed by atoms with Crippen LogP contribution in [0.15, 0.2) is 18.2 Å². The van der Waals surface area contributed by atoms with E-state index in [9.17, 15) is 14.4 Å². The van der Waals surface area contributed by atoms with Gasteiger partial charge in [-0.15, -0.1) is 0 Å². The van der Waals surface area contributed by atoms with Crippen molar-refractivity contribution in [1.29, 1.82) is 0 Å². The Kier molecular flexibility index (Phi) is 4.93. The number of hydrogen-bond donors (Lipinski definition) is 2. The fourth-order valence-corrected chi connectivity index (χ4v) is 3.90. The van der Waals surface area contributed by atoms with Crippen molar-refractivity contribution >= 4 is 46.7 Å². The van der Waals surface area contributed by atoms with Crippen LogP contribution in [-0.2, 0) is 9.59 Å². The number of carbonyl (C=O) groups excluding carboxylic acids is 3. The standard InChI is InChI=1S/C17H19Cl2N3O3/c1-10-4-2-3-7-17(10)15(24)22(16(25)21-17)9-14(23)20-13-8-11(18)5-6-12(13)19/h5-6,8,10H,2-4,7,9H2,1H3,(H,20,23)(H,21,25). The van der Waals surface area contributed by atoms with E-state index in [1.54, 1.807) is 12.1 Å². The van der Waals surface area contributed by atoms with Crippen molar-refractivity contribution in [2.75, 3.05) is 11.9 Å². The highest BCUT2D eigenvalue weighted by Gasteiger charge is 2.55. The summed E-state index contributed by atoms with van der Waals surface area (Å²) < 4.78 is 0. The van der Waals surface area contributed by atoms with E-state index in [1.807, 2.05) is 6.92 Å². The molecule has 1 saturated heterocycles. The second-order valence-electron chi connectivity index (χ2n) is 6.61. The first-order chi connectivity index (χ1) is 11.8. The molecule has 8 heteroatoms. The van der Waals surface area contributed by atoms with Crippen LogP contribution in [0.1, 0.15) is 32.6 Å². The molecular formula is C17H19Cl2N3O3. The van der Waals surface area contributed by atoms with Gasteiger partial charge in [-0.1, -0.05) is 43.0 Å². The van der Waals surface area contributed by atoms with E-state index < -0.39 is 17.5 Å². The number of urea groups is 1. The molecule has 6 nitrogen and oxygen atoms in total. The molecule has 2 fully saturated rings. The van der Waals surface area contributed by atoms with Crippen molar-refractivity contribution in [2.24, 2.45) is 5.92 Å². The number of rotatable bonds is 3. The van der Waals surface area contributed by atoms with Crippen molar-refractivity contribution in [3.8, 4) is 0 Å². The molecule has 25 heavy (non-hydrogen) atoms. The lowest BCUT2D eigenvalue weighted by atomic mass is 9.73. The Balaban J connectivity index is 1.72. The van der Waals surface area contributed by atoms with Crippen LogP contribution in [0.3, 0.4) is 0 Å². The third-order valence-electron chi connectivity index (χ3n) is 5.01. The maximum Gasteiger partial charge on any atom is 0.325 e. The number of benzene rings is 1. The van der Waals surface area contributed by atoms with Gasteiger partial charge < -0.3 is 10.6 Å². The number of amides is 4. The maximum atomic E-state index is 12.8. The van der Waals surface area contributed by atoms with E-state index in [2.05, 4.69) is 10.6 Å². The summed E-state index contributed by atoms with van der Waals surface area (Å²) in [6, 6.07) is 4.15. The summed E-state index contributed by atoms with van der Waals surface area (Å²) >= 11 is 11.9. The first-order valence-electron chi connectivity index (χ1n) is 8.22. The zero-order valence-corrected chi connectivity index (χ0v) is 15.3. The van der Waals surface area contributed by atoms with E-state index in [1.165, 1.54) is 6.07 Å². The number of carbonyl (C=O) groups is 3. The molecule has 0 bridgehead atoms. The van der Waals surface area contributed by atoms with Crippen LogP contribution in [0, 0.1) is 5.92 Å². The van der Waals surface area contributed by atoms with Crippen LogP contribution >= 0.6 is 23.2 Å². The lowest BCUT2D eigenvalue weighted by Crippen LogP contribution is -2.54. The fraction of sp³-hybridized carbons (Fsp3) is 0.471. The van der Waals surface area contributed by atoms with Gasteiger partial charge in [-0.05, 0) is 37.0 Å². The monoisotopic (exact) mass is 383 g/mol. The van der Waals surface area contributed by atoms with Crippen molar-refractivity contribution in [3.05, 3.63) is 28.2 Å². The Morgan fingerprint density at radius 1 is 1.36 bits per heavy atom. The molecule has 1 aliphatic heterocycles. The largest absolute Gasteiger partial charge is 0.325 e. The molecule has 1 aliphatic carbocycles. The summed E-state index contributed by atoms with van der Waals surface area (Å²) in [5.74, 6) is -0.779. The third-order valence-corrected chi connectivity index (χ3v) is 5.57. The van der Waals surface area contributed by atoms with Gasteiger partial charge in [0.05, 0.1) is 10.7 Å². The second kappa shape index (κ2) is 6.84. The van der Waals surface area contributed by atoms with Gasteiger partial charge in [-0.2, -0.15) is 0 Å². The van der Waals surface area contributed by atoms with Gasteiger partial charge in [0.25, 0.3) is 5.91 Å². The highest BCUT2D eigenvalue weighted by Crippen LogP contribution is 2.38. The number of nitrogens with zero attached hydrogens (tertiary/aromatic N) is 1. The SMILES string of the molecule is CC1CCCCC12NC(=O)N(CC(=O)Nc1cc(Cl)ccc1Cl)C2=O. The smallest absolute Gasteiger partial charge is 0.323 e. The van der Waals surface area contributed by atoms with Crippen LogP contribution in [-0.4, -0.2) is 34.8 Å². The normalized spacial score (nSPS) is 26.0. The van der Waals surface area contributed by atoms with E-state index in [0.29, 0.717) is 22.2 Å². The molecule has 134 valence electrons. The first-order valence-corrected chi connectivity index (χ1v) is 8.98. The van der Waals surface area contributed by atoms with Gasteiger partial charge in [0.1, 0.15) is 12.1 Å². The van der Waals surface area contributed by atoms with Crippen molar-refractivity contribution < 1.29 is 14.4 Å². The minimum Gasteiger partial charge on any atom is -0.323 e. The number of hydrogen-bond acceptors (Lipinski definition) is 3. The fourth-order valence-electron chi connectivity index (χ4n) is 3.57. The van der Waals surface area contributed by atoms with Crippen LogP contribution < -0.4 is 10.6 Å². The van der Waals surface area contributed by atoms with Gasteiger partial charge in [-0.25, -0.2) is 4.79 Å². The quantitative estimate of drug-likeness (QED) is 0.784. The molecule has 3 rings (SSSR count). The lowest BCUT2D eigenvalue weighted by Gasteiger charge is -2.36. The highest BCUT2D eigenvalue weighted by atomic mass is 35.5. The molecule has 0 radical (unpaired) electrons. The molecule has 1 saturated carbocycles. The Labute approximate surface area is 155 Å². The maximum absolute atomic E-state index is 12.8. The molecular weight excluding hydrogens is 365 g/mol. The molecule has 2 aliphatic rings. The van der Waals surface area contributed by atoms with Crippen molar-refractivity contribution in [3.63, 3.8) is 0 Å². The van der Waals surface area contributed by atoms with Crippen LogP contribution in [0.2, 0.25) is 10.0 Å². The average Bonchev–Trinajstić information content (AvgIpc) is 2.79. The van der Waals surface area contributed by atoms with Crippen molar-refractivity contribution in [1.82, 2.24) is 10.2 Å². The zero-order valence-electron chi connectivity index (χ0n) is 13.8. The molecule has 2 unspecified atom stereocenters. The predicted molar refractivity (Wildman–Crippen MR) is 95.7 cm³/mol. The number of halogens is 2. The van der Waals surface area contributed by atoms with Gasteiger partial charge >= 0.3 is 6.03 Å². The van der Waals surface area contributed by atoms with E-state index in [0.717, 1.165) is 24.2 Å². The van der Waals surface area contributed by atoms with Crippen LogP contribution in [0.5, 0.6) is 0 Å². The zero-order chi connectivity index (χ0) is 18.2. The Morgan fingerprint density at radius 3 is 2.84 bits per heavy atom. The number of nitrogens with one attached hydrogen (secondary N) is 2.